The zero-order valence-electron chi connectivity index (χ0n) is 28.1. The summed E-state index contributed by atoms with van der Waals surface area (Å²) in [5.74, 6) is -0.787. The highest BCUT2D eigenvalue weighted by Gasteiger charge is 2.52. The van der Waals surface area contributed by atoms with E-state index in [1.165, 1.54) is 38.9 Å². The second-order valence-corrected chi connectivity index (χ2v) is 16.2. The second kappa shape index (κ2) is 12.2. The maximum absolute atomic E-state index is 14.3. The topological polar surface area (TPSA) is 113 Å². The molecular formula is C36H47N5O5S. The molecule has 5 aliphatic rings. The molecule has 47 heavy (non-hydrogen) atoms. The number of ether oxygens (including phenoxy) is 1. The van der Waals surface area contributed by atoms with E-state index < -0.39 is 22.0 Å². The van der Waals surface area contributed by atoms with Crippen LogP contribution in [0.1, 0.15) is 80.9 Å². The first-order chi connectivity index (χ1) is 22.5. The molecule has 2 aromatic rings. The lowest BCUT2D eigenvalue weighted by atomic mass is 9.76. The molecule has 0 spiro atoms. The van der Waals surface area contributed by atoms with Crippen molar-refractivity contribution in [3.05, 3.63) is 58.3 Å². The van der Waals surface area contributed by atoms with Gasteiger partial charge in [0, 0.05) is 49.4 Å². The quantitative estimate of drug-likeness (QED) is 0.426. The molecule has 0 radical (unpaired) electrons. The van der Waals surface area contributed by atoms with Crippen molar-refractivity contribution >= 4 is 39.1 Å². The Morgan fingerprint density at radius 3 is 2.45 bits per heavy atom. The summed E-state index contributed by atoms with van der Waals surface area (Å²) in [7, 11) is 4.66. The minimum absolute atomic E-state index is 0.0211. The van der Waals surface area contributed by atoms with Gasteiger partial charge in [-0.1, -0.05) is 37.5 Å². The normalized spacial score (nSPS) is 27.3. The fourth-order valence-corrected chi connectivity index (χ4v) is 9.32. The van der Waals surface area contributed by atoms with Crippen molar-refractivity contribution in [2.45, 2.75) is 81.7 Å². The average Bonchev–Trinajstić information content (AvgIpc) is 3.40. The number of likely N-dealkylation sites (N-methyl/N-ethyl adjacent to an activating group) is 1. The number of fused-ring (bicyclic) bond motifs is 6. The van der Waals surface area contributed by atoms with Crippen molar-refractivity contribution in [1.29, 1.82) is 0 Å². The maximum atomic E-state index is 14.3. The Hall–Kier alpha value is -3.41. The molecule has 0 saturated heterocycles. The predicted molar refractivity (Wildman–Crippen MR) is 183 cm³/mol. The van der Waals surface area contributed by atoms with Crippen LogP contribution in [0.2, 0.25) is 0 Å². The van der Waals surface area contributed by atoms with E-state index in [4.69, 9.17) is 4.74 Å². The lowest BCUT2D eigenvalue weighted by Gasteiger charge is -2.33. The number of hydrogen-bond donors (Lipinski definition) is 2. The molecule has 7 rings (SSSR count). The molecule has 2 N–H and O–H groups in total. The molecule has 2 heterocycles. The molecule has 252 valence electrons. The summed E-state index contributed by atoms with van der Waals surface area (Å²) in [5.41, 5.74) is 5.85. The van der Waals surface area contributed by atoms with Gasteiger partial charge >= 0.3 is 10.2 Å². The van der Waals surface area contributed by atoms with Gasteiger partial charge in [0.1, 0.15) is 5.75 Å². The fourth-order valence-electron chi connectivity index (χ4n) is 8.76. The zero-order valence-corrected chi connectivity index (χ0v) is 28.9. The van der Waals surface area contributed by atoms with E-state index in [1.54, 1.807) is 7.11 Å². The van der Waals surface area contributed by atoms with Crippen molar-refractivity contribution in [2.75, 3.05) is 35.3 Å². The summed E-state index contributed by atoms with van der Waals surface area (Å²) in [4.78, 5) is 30.2. The Kier molecular flexibility index (Phi) is 8.37. The summed E-state index contributed by atoms with van der Waals surface area (Å²) in [6.45, 7) is 0. The molecule has 3 saturated carbocycles. The summed E-state index contributed by atoms with van der Waals surface area (Å²) < 4.78 is 36.8. The lowest BCUT2D eigenvalue weighted by Crippen LogP contribution is -2.49. The number of methoxy groups -OCH3 is 1. The maximum Gasteiger partial charge on any atom is 0.303 e. The Morgan fingerprint density at radius 2 is 1.74 bits per heavy atom. The molecule has 1 aliphatic heterocycles. The monoisotopic (exact) mass is 661 g/mol. The number of nitrogens with one attached hydrogen (secondary N) is 2. The van der Waals surface area contributed by atoms with Crippen molar-refractivity contribution in [2.24, 2.45) is 11.8 Å². The first kappa shape index (κ1) is 32.2. The van der Waals surface area contributed by atoms with Crippen LogP contribution in [0.25, 0.3) is 17.1 Å². The van der Waals surface area contributed by atoms with E-state index in [-0.39, 0.29) is 23.8 Å². The highest BCUT2D eigenvalue weighted by atomic mass is 32.2. The minimum Gasteiger partial charge on any atom is -0.496 e. The van der Waals surface area contributed by atoms with Crippen molar-refractivity contribution in [1.82, 2.24) is 23.8 Å². The van der Waals surface area contributed by atoms with Crippen LogP contribution >= 0.6 is 0 Å². The first-order valence-corrected chi connectivity index (χ1v) is 18.5. The first-order valence-electron chi connectivity index (χ1n) is 17.1. The molecule has 5 atom stereocenters. The van der Waals surface area contributed by atoms with Crippen molar-refractivity contribution in [3.8, 4) is 5.75 Å². The Balaban J connectivity index is 1.38. The second-order valence-electron chi connectivity index (χ2n) is 14.3. The molecule has 4 aliphatic carbocycles. The van der Waals surface area contributed by atoms with Gasteiger partial charge in [-0.3, -0.25) is 9.59 Å². The van der Waals surface area contributed by atoms with Crippen LogP contribution in [0.4, 0.5) is 0 Å². The molecule has 3 unspecified atom stereocenters. The third-order valence-electron chi connectivity index (χ3n) is 11.2. The molecular weight excluding hydrogens is 614 g/mol. The molecule has 11 heteroatoms. The lowest BCUT2D eigenvalue weighted by molar-refractivity contribution is -0.126. The van der Waals surface area contributed by atoms with Crippen molar-refractivity contribution < 1.29 is 22.7 Å². The Bertz CT molecular complexity index is 1810. The number of carbonyl (C=O) groups is 2. The number of allylic oxidation sites excluding steroid dienone is 3. The van der Waals surface area contributed by atoms with Crippen LogP contribution in [-0.2, 0) is 19.8 Å². The van der Waals surface area contributed by atoms with Gasteiger partial charge in [-0.25, -0.2) is 4.72 Å². The number of carbonyl (C=O) groups excluding carboxylic acids is 2. The van der Waals surface area contributed by atoms with Crippen LogP contribution in [-0.4, -0.2) is 81.4 Å². The highest BCUT2D eigenvalue weighted by molar-refractivity contribution is 7.87. The van der Waals surface area contributed by atoms with Crippen LogP contribution < -0.4 is 14.8 Å². The van der Waals surface area contributed by atoms with Crippen LogP contribution in [0.5, 0.6) is 5.75 Å². The number of hydrogen-bond acceptors (Lipinski definition) is 6. The van der Waals surface area contributed by atoms with E-state index in [2.05, 4.69) is 57.9 Å². The van der Waals surface area contributed by atoms with Gasteiger partial charge in [-0.05, 0) is 93.0 Å². The highest BCUT2D eigenvalue weighted by Crippen LogP contribution is 2.57. The third-order valence-corrected chi connectivity index (χ3v) is 12.6. The van der Waals surface area contributed by atoms with Crippen LogP contribution in [0.3, 0.4) is 0 Å². The van der Waals surface area contributed by atoms with Gasteiger partial charge < -0.3 is 19.5 Å². The largest absolute Gasteiger partial charge is 0.496 e. The number of nitrogens with zero attached hydrogens (tertiary/aromatic N) is 3. The molecule has 10 nitrogen and oxygen atoms in total. The van der Waals surface area contributed by atoms with E-state index in [1.807, 2.05) is 12.3 Å². The van der Waals surface area contributed by atoms with Crippen molar-refractivity contribution in [3.63, 3.8) is 0 Å². The number of aromatic nitrogens is 1. The molecule has 1 aromatic heterocycles. The van der Waals surface area contributed by atoms with E-state index >= 15 is 0 Å². The van der Waals surface area contributed by atoms with E-state index in [0.29, 0.717) is 18.4 Å². The third kappa shape index (κ3) is 5.54. The van der Waals surface area contributed by atoms with Gasteiger partial charge in [0.2, 0.25) is 11.8 Å². The van der Waals surface area contributed by atoms with Gasteiger partial charge in [0.15, 0.2) is 0 Å². The minimum atomic E-state index is -3.97. The summed E-state index contributed by atoms with van der Waals surface area (Å²) >= 11 is 0. The van der Waals surface area contributed by atoms with Gasteiger partial charge in [-0.2, -0.15) is 12.7 Å². The molecule has 0 bridgehead atoms. The summed E-state index contributed by atoms with van der Waals surface area (Å²) in [5, 5.41) is 4.44. The van der Waals surface area contributed by atoms with E-state index in [0.717, 1.165) is 75.5 Å². The molecule has 3 fully saturated rings. The number of benzene rings is 1. The standard InChI is InChI=1S/C36H47N5O5S/c1-39(2)28-16-10-15-27(28)37-35(42)24-14-9-13-23-31(24)29-19-25-30(46-5)18-17-22(21-11-7-6-8-12-21)34(25)41(29)20-26-32(23)33(26)36(43)38-47(44,45)40(3)4/h9,13,17-21,24,27-28,31,33H,6-8,10-12,14-16H2,1-5H3,(H,37,42)(H,38,43)/t24-,27-,28?,31?,33?/m1/s1. The van der Waals surface area contributed by atoms with Gasteiger partial charge in [-0.15, -0.1) is 0 Å². The molecule has 1 aromatic carbocycles. The summed E-state index contributed by atoms with van der Waals surface area (Å²) in [6, 6.07) is 6.82. The van der Waals surface area contributed by atoms with Gasteiger partial charge in [0.05, 0.1) is 24.5 Å². The Labute approximate surface area is 278 Å². The predicted octanol–water partition coefficient (Wildman–Crippen LogP) is 4.66. The number of rotatable bonds is 8. The van der Waals surface area contributed by atoms with Crippen LogP contribution in [0.15, 0.2) is 47.1 Å². The van der Waals surface area contributed by atoms with Gasteiger partial charge in [0.25, 0.3) is 0 Å². The average molecular weight is 662 g/mol. The fraction of sp³-hybridized carbons (Fsp3) is 0.556. The number of amides is 2. The molecule has 2 amide bonds. The smallest absolute Gasteiger partial charge is 0.303 e. The zero-order chi connectivity index (χ0) is 33.2. The van der Waals surface area contributed by atoms with Crippen LogP contribution in [0, 0.1) is 11.8 Å². The van der Waals surface area contributed by atoms with E-state index in [9.17, 15) is 18.0 Å². The summed E-state index contributed by atoms with van der Waals surface area (Å²) in [6.07, 6.45) is 15.6. The Morgan fingerprint density at radius 1 is 0.979 bits per heavy atom. The SMILES string of the molecule is COc1ccc(C2CCCCC2)c2c1cc1n2C=C2C(=C3C=CC[C@@H](C(=O)N[C@@H]4CCCC4N(C)C)C31)C2C(=O)NS(=O)(=O)N(C)C.